The lowest BCUT2D eigenvalue weighted by atomic mass is 10.3. The normalized spacial score (nSPS) is 14.8. The summed E-state index contributed by atoms with van der Waals surface area (Å²) in [4.78, 5) is 24.8. The van der Waals surface area contributed by atoms with Gasteiger partial charge in [0.2, 0.25) is 5.91 Å². The van der Waals surface area contributed by atoms with Crippen LogP contribution in [0.15, 0.2) is 0 Å². The van der Waals surface area contributed by atoms with E-state index in [9.17, 15) is 9.59 Å². The van der Waals surface area contributed by atoms with Gasteiger partial charge in [0, 0.05) is 13.1 Å². The molecule has 98 valence electrons. The minimum absolute atomic E-state index is 0.00916. The first kappa shape index (κ1) is 12.6. The van der Waals surface area contributed by atoms with Crippen molar-refractivity contribution in [1.29, 1.82) is 0 Å². The van der Waals surface area contributed by atoms with Gasteiger partial charge in [-0.2, -0.15) is 4.37 Å². The number of anilines is 2. The number of carbonyl (C=O) groups excluding carboxylic acids is 2. The number of aromatic nitrogens is 1. The molecule has 0 bridgehead atoms. The summed E-state index contributed by atoms with van der Waals surface area (Å²) in [5, 5.41) is 3.33. The number of hydrogen-bond acceptors (Lipinski definition) is 6. The molecule has 0 radical (unpaired) electrons. The molecule has 0 unspecified atom stereocenters. The van der Waals surface area contributed by atoms with Crippen LogP contribution in [0.5, 0.6) is 0 Å². The zero-order chi connectivity index (χ0) is 13.1. The number of amides is 2. The predicted molar refractivity (Wildman–Crippen MR) is 69.3 cm³/mol. The number of nitrogens with one attached hydrogen (secondary N) is 1. The van der Waals surface area contributed by atoms with E-state index in [0.29, 0.717) is 5.00 Å². The Kier molecular flexibility index (Phi) is 3.66. The highest BCUT2D eigenvalue weighted by Gasteiger charge is 2.20. The molecule has 0 aliphatic carbocycles. The summed E-state index contributed by atoms with van der Waals surface area (Å²) in [7, 11) is 0. The van der Waals surface area contributed by atoms with Crippen molar-refractivity contribution in [1.82, 2.24) is 9.27 Å². The second kappa shape index (κ2) is 5.21. The van der Waals surface area contributed by atoms with Gasteiger partial charge in [-0.15, -0.1) is 0 Å². The molecule has 1 aromatic rings. The van der Waals surface area contributed by atoms with E-state index in [4.69, 9.17) is 11.5 Å². The lowest BCUT2D eigenvalue weighted by molar-refractivity contribution is -0.128. The average Bonchev–Trinajstić information content (AvgIpc) is 2.94. The van der Waals surface area contributed by atoms with Crippen molar-refractivity contribution in [3.63, 3.8) is 0 Å². The molecular weight excluding hydrogens is 254 g/mol. The van der Waals surface area contributed by atoms with Gasteiger partial charge in [-0.1, -0.05) is 0 Å². The van der Waals surface area contributed by atoms with Crippen LogP contribution < -0.4 is 16.8 Å². The molecule has 0 saturated carbocycles. The van der Waals surface area contributed by atoms with Crippen LogP contribution in [-0.4, -0.2) is 40.7 Å². The van der Waals surface area contributed by atoms with E-state index < -0.39 is 5.91 Å². The van der Waals surface area contributed by atoms with Crippen LogP contribution in [0.4, 0.5) is 10.8 Å². The number of hydrogen-bond donors (Lipinski definition) is 3. The zero-order valence-electron chi connectivity index (χ0n) is 9.81. The number of nitrogens with two attached hydrogens (primary N) is 2. The van der Waals surface area contributed by atoms with Crippen molar-refractivity contribution in [2.75, 3.05) is 30.7 Å². The lowest BCUT2D eigenvalue weighted by Gasteiger charge is -2.15. The van der Waals surface area contributed by atoms with E-state index in [1.54, 1.807) is 4.90 Å². The Bertz CT molecular complexity index is 467. The lowest BCUT2D eigenvalue weighted by Crippen LogP contribution is -2.33. The first-order valence-corrected chi connectivity index (χ1v) is 6.43. The van der Waals surface area contributed by atoms with Gasteiger partial charge in [0.15, 0.2) is 5.82 Å². The number of rotatable bonds is 4. The summed E-state index contributed by atoms with van der Waals surface area (Å²) >= 11 is 1.03. The highest BCUT2D eigenvalue weighted by Crippen LogP contribution is 2.25. The zero-order valence-corrected chi connectivity index (χ0v) is 10.6. The summed E-state index contributed by atoms with van der Waals surface area (Å²) < 4.78 is 3.84. The van der Waals surface area contributed by atoms with Crippen LogP contribution in [-0.2, 0) is 4.79 Å². The molecule has 1 fully saturated rings. The van der Waals surface area contributed by atoms with Crippen molar-refractivity contribution in [2.45, 2.75) is 12.8 Å². The van der Waals surface area contributed by atoms with Crippen LogP contribution in [0.1, 0.15) is 23.2 Å². The van der Waals surface area contributed by atoms with Crippen molar-refractivity contribution in [3.05, 3.63) is 5.56 Å². The van der Waals surface area contributed by atoms with E-state index in [1.807, 2.05) is 0 Å². The van der Waals surface area contributed by atoms with Crippen LogP contribution in [0.25, 0.3) is 0 Å². The molecule has 1 aliphatic rings. The van der Waals surface area contributed by atoms with Gasteiger partial charge in [-0.05, 0) is 24.4 Å². The standard InChI is InChI=1S/C10H15N5O2S/c11-8-7(9(12)17)10(18-14-8)13-5-6(16)15-3-1-2-4-15/h13H,1-5H2,(H2,11,14)(H2,12,17). The summed E-state index contributed by atoms with van der Waals surface area (Å²) in [6.07, 6.45) is 2.09. The largest absolute Gasteiger partial charge is 0.382 e. The monoisotopic (exact) mass is 269 g/mol. The van der Waals surface area contributed by atoms with Crippen molar-refractivity contribution < 1.29 is 9.59 Å². The summed E-state index contributed by atoms with van der Waals surface area (Å²) in [6, 6.07) is 0. The van der Waals surface area contributed by atoms with Crippen LogP contribution >= 0.6 is 11.5 Å². The maximum absolute atomic E-state index is 11.8. The van der Waals surface area contributed by atoms with E-state index in [2.05, 4.69) is 9.69 Å². The Hall–Kier alpha value is -1.83. The van der Waals surface area contributed by atoms with Crippen molar-refractivity contribution >= 4 is 34.2 Å². The first-order valence-electron chi connectivity index (χ1n) is 5.66. The molecular formula is C10H15N5O2S. The number of likely N-dealkylation sites (tertiary alicyclic amines) is 1. The van der Waals surface area contributed by atoms with Gasteiger partial charge >= 0.3 is 0 Å². The van der Waals surface area contributed by atoms with Gasteiger partial charge in [-0.25, -0.2) is 0 Å². The van der Waals surface area contributed by atoms with Crippen LogP contribution in [0, 0.1) is 0 Å². The van der Waals surface area contributed by atoms with Crippen LogP contribution in [0.2, 0.25) is 0 Å². The maximum Gasteiger partial charge on any atom is 0.255 e. The van der Waals surface area contributed by atoms with Gasteiger partial charge in [0.25, 0.3) is 5.91 Å². The number of nitrogens with zero attached hydrogens (tertiary/aromatic N) is 2. The summed E-state index contributed by atoms with van der Waals surface area (Å²) in [5.41, 5.74) is 10.9. The third-order valence-corrected chi connectivity index (χ3v) is 3.64. The molecule has 1 saturated heterocycles. The third kappa shape index (κ3) is 2.53. The molecule has 1 aliphatic heterocycles. The highest BCUT2D eigenvalue weighted by molar-refractivity contribution is 7.11. The second-order valence-corrected chi connectivity index (χ2v) is 4.85. The Morgan fingerprint density at radius 3 is 2.67 bits per heavy atom. The van der Waals surface area contributed by atoms with Crippen molar-refractivity contribution in [2.24, 2.45) is 5.73 Å². The molecule has 0 atom stereocenters. The first-order chi connectivity index (χ1) is 8.59. The quantitative estimate of drug-likeness (QED) is 0.703. The van der Waals surface area contributed by atoms with Gasteiger partial charge < -0.3 is 21.7 Å². The molecule has 18 heavy (non-hydrogen) atoms. The Morgan fingerprint density at radius 1 is 1.39 bits per heavy atom. The van der Waals surface area contributed by atoms with Gasteiger partial charge in [-0.3, -0.25) is 9.59 Å². The predicted octanol–water partition coefficient (Wildman–Crippen LogP) is -0.142. The molecule has 1 aromatic heterocycles. The smallest absolute Gasteiger partial charge is 0.255 e. The van der Waals surface area contributed by atoms with Crippen LogP contribution in [0.3, 0.4) is 0 Å². The van der Waals surface area contributed by atoms with E-state index in [-0.39, 0.29) is 23.8 Å². The Labute approximate surface area is 108 Å². The van der Waals surface area contributed by atoms with E-state index >= 15 is 0 Å². The SMILES string of the molecule is NC(=O)c1c(N)nsc1NCC(=O)N1CCCC1. The third-order valence-electron chi connectivity index (χ3n) is 2.82. The Morgan fingerprint density at radius 2 is 2.06 bits per heavy atom. The molecule has 8 heteroatoms. The molecule has 2 rings (SSSR count). The number of carbonyl (C=O) groups is 2. The minimum Gasteiger partial charge on any atom is -0.382 e. The molecule has 2 amide bonds. The fraction of sp³-hybridized carbons (Fsp3) is 0.500. The molecule has 0 aromatic carbocycles. The van der Waals surface area contributed by atoms with E-state index in [1.165, 1.54) is 0 Å². The molecule has 5 N–H and O–H groups in total. The fourth-order valence-corrected chi connectivity index (χ4v) is 2.61. The summed E-state index contributed by atoms with van der Waals surface area (Å²) in [5.74, 6) is -0.532. The van der Waals surface area contributed by atoms with Crippen molar-refractivity contribution in [3.8, 4) is 0 Å². The van der Waals surface area contributed by atoms with Gasteiger partial charge in [0.05, 0.1) is 6.54 Å². The summed E-state index contributed by atoms with van der Waals surface area (Å²) in [6.45, 7) is 1.73. The maximum atomic E-state index is 11.8. The molecule has 2 heterocycles. The number of primary amides is 1. The molecule has 7 nitrogen and oxygen atoms in total. The number of nitrogen functional groups attached to an aromatic ring is 1. The Balaban J connectivity index is 1.97. The molecule has 0 spiro atoms. The topological polar surface area (TPSA) is 114 Å². The average molecular weight is 269 g/mol. The minimum atomic E-state index is -0.641. The second-order valence-electron chi connectivity index (χ2n) is 4.08. The van der Waals surface area contributed by atoms with E-state index in [0.717, 1.165) is 37.5 Å². The fourth-order valence-electron chi connectivity index (χ4n) is 1.90. The highest BCUT2D eigenvalue weighted by atomic mass is 32.1. The van der Waals surface area contributed by atoms with Gasteiger partial charge in [0.1, 0.15) is 10.6 Å².